The van der Waals surface area contributed by atoms with Crippen LogP contribution in [0.5, 0.6) is 0 Å². The minimum Gasteiger partial charge on any atom is -0.396 e. The molecule has 0 fully saturated rings. The van der Waals surface area contributed by atoms with Gasteiger partial charge >= 0.3 is 0 Å². The van der Waals surface area contributed by atoms with Crippen molar-refractivity contribution >= 4 is 28.2 Å². The van der Waals surface area contributed by atoms with E-state index in [0.717, 1.165) is 27.2 Å². The Kier molecular flexibility index (Phi) is 5.56. The molecule has 0 aliphatic heterocycles. The van der Waals surface area contributed by atoms with Crippen LogP contribution in [0.25, 0.3) is 0 Å². The molecule has 0 unspecified atom stereocenters. The first kappa shape index (κ1) is 14.2. The Hall–Kier alpha value is -1.18. The number of nitrogens with one attached hydrogen (secondary N) is 1. The highest BCUT2D eigenvalue weighted by Crippen LogP contribution is 2.26. The molecule has 0 saturated heterocycles. The maximum absolute atomic E-state index is 12.7. The SMILES string of the molecule is OCCCSc1nnc(NCc2ccc(F)cc2)s1. The number of aromatic nitrogens is 2. The number of nitrogens with zero attached hydrogens (tertiary/aromatic N) is 2. The molecule has 0 saturated carbocycles. The van der Waals surface area contributed by atoms with Gasteiger partial charge in [-0.15, -0.1) is 10.2 Å². The van der Waals surface area contributed by atoms with E-state index in [-0.39, 0.29) is 12.4 Å². The minimum absolute atomic E-state index is 0.196. The lowest BCUT2D eigenvalue weighted by Gasteiger charge is -2.01. The average molecular weight is 299 g/mol. The Labute approximate surface area is 119 Å². The normalized spacial score (nSPS) is 10.6. The zero-order chi connectivity index (χ0) is 13.5. The fraction of sp³-hybridized carbons (Fsp3) is 0.333. The van der Waals surface area contributed by atoms with Crippen molar-refractivity contribution in [3.63, 3.8) is 0 Å². The number of thioether (sulfide) groups is 1. The quantitative estimate of drug-likeness (QED) is 0.608. The Morgan fingerprint density at radius 3 is 2.79 bits per heavy atom. The highest BCUT2D eigenvalue weighted by molar-refractivity contribution is 8.01. The van der Waals surface area contributed by atoms with E-state index in [9.17, 15) is 4.39 Å². The predicted molar refractivity (Wildman–Crippen MR) is 76.1 cm³/mol. The summed E-state index contributed by atoms with van der Waals surface area (Å²) in [5, 5.41) is 20.7. The first-order valence-corrected chi connectivity index (χ1v) is 7.63. The van der Waals surface area contributed by atoms with Crippen molar-refractivity contribution < 1.29 is 9.50 Å². The molecular weight excluding hydrogens is 285 g/mol. The zero-order valence-electron chi connectivity index (χ0n) is 10.2. The van der Waals surface area contributed by atoms with Gasteiger partial charge in [-0.05, 0) is 24.1 Å². The van der Waals surface area contributed by atoms with Gasteiger partial charge in [-0.2, -0.15) is 0 Å². The van der Waals surface area contributed by atoms with Crippen LogP contribution in [0.3, 0.4) is 0 Å². The molecule has 0 aliphatic rings. The summed E-state index contributed by atoms with van der Waals surface area (Å²) in [5.74, 6) is 0.602. The molecular formula is C12H14FN3OS2. The largest absolute Gasteiger partial charge is 0.396 e. The second-order valence-electron chi connectivity index (χ2n) is 3.78. The predicted octanol–water partition coefficient (Wildman–Crippen LogP) is 2.76. The summed E-state index contributed by atoms with van der Waals surface area (Å²) >= 11 is 3.06. The summed E-state index contributed by atoms with van der Waals surface area (Å²) < 4.78 is 13.6. The number of aliphatic hydroxyl groups is 1. The van der Waals surface area contributed by atoms with Crippen LogP contribution in [0, 0.1) is 5.82 Å². The Bertz CT molecular complexity index is 504. The van der Waals surface area contributed by atoms with E-state index in [1.54, 1.807) is 23.9 Å². The van der Waals surface area contributed by atoms with E-state index in [4.69, 9.17) is 5.11 Å². The second kappa shape index (κ2) is 7.42. The summed E-state index contributed by atoms with van der Waals surface area (Å²) in [5.41, 5.74) is 0.992. The highest BCUT2D eigenvalue weighted by atomic mass is 32.2. The van der Waals surface area contributed by atoms with Gasteiger partial charge in [-0.1, -0.05) is 35.2 Å². The Morgan fingerprint density at radius 1 is 1.26 bits per heavy atom. The number of rotatable bonds is 7. The van der Waals surface area contributed by atoms with Gasteiger partial charge in [0.2, 0.25) is 5.13 Å². The van der Waals surface area contributed by atoms with Crippen LogP contribution in [0.2, 0.25) is 0 Å². The van der Waals surface area contributed by atoms with Gasteiger partial charge in [0.15, 0.2) is 4.34 Å². The first-order valence-electron chi connectivity index (χ1n) is 5.83. The van der Waals surface area contributed by atoms with Crippen molar-refractivity contribution in [3.05, 3.63) is 35.6 Å². The van der Waals surface area contributed by atoms with Crippen molar-refractivity contribution in [2.45, 2.75) is 17.3 Å². The molecule has 0 atom stereocenters. The molecule has 0 spiro atoms. The first-order chi connectivity index (χ1) is 9.28. The zero-order valence-corrected chi connectivity index (χ0v) is 11.8. The molecule has 0 amide bonds. The van der Waals surface area contributed by atoms with Gasteiger partial charge < -0.3 is 10.4 Å². The van der Waals surface area contributed by atoms with E-state index in [2.05, 4.69) is 15.5 Å². The van der Waals surface area contributed by atoms with Crippen molar-refractivity contribution in [2.75, 3.05) is 17.7 Å². The molecule has 102 valence electrons. The second-order valence-corrected chi connectivity index (χ2v) is 6.10. The lowest BCUT2D eigenvalue weighted by atomic mass is 10.2. The monoisotopic (exact) mass is 299 g/mol. The van der Waals surface area contributed by atoms with Crippen LogP contribution in [-0.2, 0) is 6.54 Å². The van der Waals surface area contributed by atoms with Crippen molar-refractivity contribution in [1.29, 1.82) is 0 Å². The molecule has 1 aromatic heterocycles. The van der Waals surface area contributed by atoms with Gasteiger partial charge in [0.25, 0.3) is 0 Å². The Balaban J connectivity index is 1.81. The lowest BCUT2D eigenvalue weighted by Crippen LogP contribution is -1.98. The smallest absolute Gasteiger partial charge is 0.206 e. The summed E-state index contributed by atoms with van der Waals surface area (Å²) in [6.45, 7) is 0.789. The van der Waals surface area contributed by atoms with Gasteiger partial charge in [0, 0.05) is 18.9 Å². The lowest BCUT2D eigenvalue weighted by molar-refractivity contribution is 0.296. The number of anilines is 1. The number of benzene rings is 1. The van der Waals surface area contributed by atoms with E-state index >= 15 is 0 Å². The summed E-state index contributed by atoms with van der Waals surface area (Å²) in [6.07, 6.45) is 0.753. The molecule has 0 radical (unpaired) electrons. The van der Waals surface area contributed by atoms with E-state index < -0.39 is 0 Å². The minimum atomic E-state index is -0.234. The van der Waals surface area contributed by atoms with Crippen molar-refractivity contribution in [1.82, 2.24) is 10.2 Å². The molecule has 7 heteroatoms. The molecule has 1 heterocycles. The Morgan fingerprint density at radius 2 is 2.05 bits per heavy atom. The highest BCUT2D eigenvalue weighted by Gasteiger charge is 2.04. The molecule has 2 aromatic rings. The third kappa shape index (κ3) is 4.77. The van der Waals surface area contributed by atoms with Crippen LogP contribution < -0.4 is 5.32 Å². The third-order valence-corrected chi connectivity index (χ3v) is 4.39. The van der Waals surface area contributed by atoms with Gasteiger partial charge in [-0.3, -0.25) is 0 Å². The number of hydrogen-bond acceptors (Lipinski definition) is 6. The van der Waals surface area contributed by atoms with Crippen LogP contribution in [0.1, 0.15) is 12.0 Å². The fourth-order valence-corrected chi connectivity index (χ4v) is 3.09. The molecule has 4 nitrogen and oxygen atoms in total. The van der Waals surface area contributed by atoms with Crippen LogP contribution in [0.15, 0.2) is 28.6 Å². The average Bonchev–Trinajstić information content (AvgIpc) is 2.86. The van der Waals surface area contributed by atoms with E-state index in [1.807, 2.05) is 0 Å². The van der Waals surface area contributed by atoms with Crippen LogP contribution >= 0.6 is 23.1 Å². The van der Waals surface area contributed by atoms with Crippen molar-refractivity contribution in [2.24, 2.45) is 0 Å². The molecule has 2 rings (SSSR count). The molecule has 1 aromatic carbocycles. The maximum atomic E-state index is 12.7. The summed E-state index contributed by atoms with van der Waals surface area (Å²) in [6, 6.07) is 6.35. The summed E-state index contributed by atoms with van der Waals surface area (Å²) in [4.78, 5) is 0. The molecule has 0 aliphatic carbocycles. The van der Waals surface area contributed by atoms with Crippen LogP contribution in [0.4, 0.5) is 9.52 Å². The fourth-order valence-electron chi connectivity index (χ4n) is 1.34. The van der Waals surface area contributed by atoms with Gasteiger partial charge in [-0.25, -0.2) is 4.39 Å². The number of aliphatic hydroxyl groups excluding tert-OH is 1. The molecule has 0 bridgehead atoms. The van der Waals surface area contributed by atoms with Crippen molar-refractivity contribution in [3.8, 4) is 0 Å². The standard InChI is InChI=1S/C12H14FN3OS2/c13-10-4-2-9(3-5-10)8-14-11-15-16-12(19-11)18-7-1-6-17/h2-5,17H,1,6-8H2,(H,14,15). The molecule has 2 N–H and O–H groups in total. The van der Waals surface area contributed by atoms with Gasteiger partial charge in [0.05, 0.1) is 0 Å². The van der Waals surface area contributed by atoms with E-state index in [0.29, 0.717) is 6.54 Å². The number of halogens is 1. The maximum Gasteiger partial charge on any atom is 0.206 e. The number of hydrogen-bond donors (Lipinski definition) is 2. The van der Waals surface area contributed by atoms with Gasteiger partial charge in [0.1, 0.15) is 5.82 Å². The third-order valence-electron chi connectivity index (χ3n) is 2.29. The summed E-state index contributed by atoms with van der Waals surface area (Å²) in [7, 11) is 0. The topological polar surface area (TPSA) is 58.0 Å². The van der Waals surface area contributed by atoms with Crippen LogP contribution in [-0.4, -0.2) is 27.7 Å². The van der Waals surface area contributed by atoms with E-state index in [1.165, 1.54) is 23.5 Å². The molecule has 19 heavy (non-hydrogen) atoms.